The first-order chi connectivity index (χ1) is 5.00. The van der Waals surface area contributed by atoms with Gasteiger partial charge in [0.25, 0.3) is 5.66 Å². The highest BCUT2D eigenvalue weighted by Gasteiger charge is 2.24. The lowest BCUT2D eigenvalue weighted by atomic mass is 10.3. The summed E-state index contributed by atoms with van der Waals surface area (Å²) in [5.41, 5.74) is -3.97. The minimum absolute atomic E-state index is 0.394. The molecule has 0 amide bonds. The molecule has 0 bridgehead atoms. The molecule has 0 fully saturated rings. The second kappa shape index (κ2) is 2.70. The molecule has 0 aliphatic rings. The highest BCUT2D eigenvalue weighted by molar-refractivity contribution is 7.17. The van der Waals surface area contributed by atoms with Gasteiger partial charge in [0.1, 0.15) is 0 Å². The Kier molecular flexibility index (Phi) is 2.05. The molecular formula is C6H6F2NOP. The molecule has 0 aromatic carbocycles. The van der Waals surface area contributed by atoms with E-state index in [1.807, 2.05) is 4.98 Å². The smallest absolute Gasteiger partial charge is 0.298 e. The Balaban J connectivity index is 3.16. The summed E-state index contributed by atoms with van der Waals surface area (Å²) in [6.07, 6.45) is 0. The van der Waals surface area contributed by atoms with Crippen molar-refractivity contribution in [1.29, 1.82) is 0 Å². The van der Waals surface area contributed by atoms with Crippen LogP contribution in [0.25, 0.3) is 0 Å². The third-order valence-electron chi connectivity index (χ3n) is 1.13. The monoisotopic (exact) mass is 177 g/mol. The van der Waals surface area contributed by atoms with E-state index in [1.54, 1.807) is 0 Å². The summed E-state index contributed by atoms with van der Waals surface area (Å²) in [6, 6.07) is 3.63. The third kappa shape index (κ3) is 2.09. The van der Waals surface area contributed by atoms with Gasteiger partial charge in [0, 0.05) is 6.07 Å². The van der Waals surface area contributed by atoms with E-state index in [0.29, 0.717) is 0 Å². The fourth-order valence-electron chi connectivity index (χ4n) is 0.642. The molecule has 5 heteroatoms. The first-order valence-electron chi connectivity index (χ1n) is 2.86. The molecule has 0 aliphatic carbocycles. The Bertz CT molecular complexity index is 304. The minimum Gasteiger partial charge on any atom is -0.321 e. The Morgan fingerprint density at radius 1 is 1.45 bits per heavy atom. The largest absolute Gasteiger partial charge is 0.321 e. The van der Waals surface area contributed by atoms with Gasteiger partial charge in [-0.15, -0.1) is 0 Å². The van der Waals surface area contributed by atoms with Gasteiger partial charge in [0.05, 0.1) is 5.69 Å². The average Bonchev–Trinajstić information content (AvgIpc) is 1.86. The summed E-state index contributed by atoms with van der Waals surface area (Å²) in [5, 5.41) is 0. The van der Waals surface area contributed by atoms with Crippen molar-refractivity contribution in [3.63, 3.8) is 0 Å². The summed E-state index contributed by atoms with van der Waals surface area (Å²) in [5.74, 6) is 0. The maximum Gasteiger partial charge on any atom is 0.298 e. The summed E-state index contributed by atoms with van der Waals surface area (Å²) in [4.78, 5) is 12.6. The first-order valence-corrected chi connectivity index (χ1v) is 3.44. The Hall–Kier alpha value is -0.760. The molecule has 1 unspecified atom stereocenters. The SMILES string of the molecule is O=c1cccc(C(F)(F)P)[nH]1. The van der Waals surface area contributed by atoms with Crippen LogP contribution in [-0.4, -0.2) is 4.98 Å². The summed E-state index contributed by atoms with van der Waals surface area (Å²) >= 11 is 0. The van der Waals surface area contributed by atoms with Crippen molar-refractivity contribution in [2.45, 2.75) is 5.66 Å². The summed E-state index contributed by atoms with van der Waals surface area (Å²) < 4.78 is 24.9. The van der Waals surface area contributed by atoms with Gasteiger partial charge in [-0.05, 0) is 6.07 Å². The molecule has 1 heterocycles. The molecule has 2 nitrogen and oxygen atoms in total. The van der Waals surface area contributed by atoms with Crippen LogP contribution in [0.5, 0.6) is 0 Å². The highest BCUT2D eigenvalue weighted by atomic mass is 31.0. The van der Waals surface area contributed by atoms with Crippen molar-refractivity contribution < 1.29 is 8.78 Å². The zero-order chi connectivity index (χ0) is 8.48. The van der Waals surface area contributed by atoms with E-state index in [9.17, 15) is 13.6 Å². The van der Waals surface area contributed by atoms with Crippen LogP contribution in [0.4, 0.5) is 8.78 Å². The zero-order valence-corrected chi connectivity index (χ0v) is 6.63. The minimum atomic E-state index is -3.06. The number of hydrogen-bond acceptors (Lipinski definition) is 1. The van der Waals surface area contributed by atoms with Gasteiger partial charge in [-0.3, -0.25) is 4.79 Å². The molecule has 11 heavy (non-hydrogen) atoms. The van der Waals surface area contributed by atoms with E-state index in [-0.39, 0.29) is 0 Å². The maximum atomic E-state index is 12.4. The fraction of sp³-hybridized carbons (Fsp3) is 0.167. The Morgan fingerprint density at radius 2 is 2.09 bits per heavy atom. The molecule has 60 valence electrons. The molecule has 0 spiro atoms. The van der Waals surface area contributed by atoms with Gasteiger partial charge < -0.3 is 4.98 Å². The number of halogens is 2. The number of aromatic amines is 1. The lowest BCUT2D eigenvalue weighted by molar-refractivity contribution is 0.0984. The van der Waals surface area contributed by atoms with Crippen LogP contribution in [0.3, 0.4) is 0 Å². The second-order valence-electron chi connectivity index (χ2n) is 2.05. The van der Waals surface area contributed by atoms with Crippen molar-refractivity contribution in [1.82, 2.24) is 4.98 Å². The molecular weight excluding hydrogens is 171 g/mol. The molecule has 0 aliphatic heterocycles. The molecule has 0 radical (unpaired) electrons. The van der Waals surface area contributed by atoms with Crippen LogP contribution >= 0.6 is 9.24 Å². The number of aromatic nitrogens is 1. The Morgan fingerprint density at radius 3 is 2.45 bits per heavy atom. The highest BCUT2D eigenvalue weighted by Crippen LogP contribution is 2.32. The van der Waals surface area contributed by atoms with E-state index < -0.39 is 16.9 Å². The van der Waals surface area contributed by atoms with Crippen LogP contribution in [-0.2, 0) is 5.66 Å². The van der Waals surface area contributed by atoms with Gasteiger partial charge in [-0.25, -0.2) is 0 Å². The van der Waals surface area contributed by atoms with Gasteiger partial charge in [-0.2, -0.15) is 8.78 Å². The standard InChI is InChI=1S/C6H6F2NOP/c7-6(8,11)4-2-1-3-5(10)9-4/h1-3H,11H2,(H,9,10). The van der Waals surface area contributed by atoms with Crippen LogP contribution in [0.2, 0.25) is 0 Å². The van der Waals surface area contributed by atoms with Crippen LogP contribution < -0.4 is 5.56 Å². The van der Waals surface area contributed by atoms with E-state index >= 15 is 0 Å². The van der Waals surface area contributed by atoms with Crippen LogP contribution in [0.15, 0.2) is 23.0 Å². The molecule has 1 aromatic rings. The first kappa shape index (κ1) is 8.34. The van der Waals surface area contributed by atoms with E-state index in [1.165, 1.54) is 21.4 Å². The molecule has 1 aromatic heterocycles. The summed E-state index contributed by atoms with van der Waals surface area (Å²) in [7, 11) is 1.35. The van der Waals surface area contributed by atoms with E-state index in [0.717, 1.165) is 6.07 Å². The molecule has 1 atom stereocenters. The topological polar surface area (TPSA) is 32.9 Å². The Labute approximate surface area is 63.8 Å². The van der Waals surface area contributed by atoms with Gasteiger partial charge in [0.15, 0.2) is 0 Å². The number of pyridine rings is 1. The lowest BCUT2D eigenvalue weighted by Gasteiger charge is -2.08. The second-order valence-corrected chi connectivity index (χ2v) is 2.78. The van der Waals surface area contributed by atoms with Gasteiger partial charge in [0.2, 0.25) is 5.56 Å². The fourth-order valence-corrected chi connectivity index (χ4v) is 0.811. The third-order valence-corrected chi connectivity index (χ3v) is 1.44. The van der Waals surface area contributed by atoms with Gasteiger partial charge >= 0.3 is 0 Å². The van der Waals surface area contributed by atoms with Gasteiger partial charge in [-0.1, -0.05) is 15.3 Å². The van der Waals surface area contributed by atoms with Crippen molar-refractivity contribution in [3.05, 3.63) is 34.2 Å². The lowest BCUT2D eigenvalue weighted by Crippen LogP contribution is -2.13. The summed E-state index contributed by atoms with van der Waals surface area (Å²) in [6.45, 7) is 0. The quantitative estimate of drug-likeness (QED) is 0.644. The van der Waals surface area contributed by atoms with E-state index in [4.69, 9.17) is 0 Å². The molecule has 1 N–H and O–H groups in total. The number of H-pyrrole nitrogens is 1. The van der Waals surface area contributed by atoms with E-state index in [2.05, 4.69) is 0 Å². The number of alkyl halides is 2. The van der Waals surface area contributed by atoms with Crippen LogP contribution in [0, 0.1) is 0 Å². The normalized spacial score (nSPS) is 11.5. The number of rotatable bonds is 1. The van der Waals surface area contributed by atoms with Crippen molar-refractivity contribution in [2.24, 2.45) is 0 Å². The molecule has 0 saturated carbocycles. The molecule has 1 rings (SSSR count). The van der Waals surface area contributed by atoms with Crippen LogP contribution in [0.1, 0.15) is 5.69 Å². The number of hydrogen-bond donors (Lipinski definition) is 1. The average molecular weight is 177 g/mol. The van der Waals surface area contributed by atoms with Crippen molar-refractivity contribution >= 4 is 9.24 Å². The predicted octanol–water partition coefficient (Wildman–Crippen LogP) is 1.30. The van der Waals surface area contributed by atoms with Crippen molar-refractivity contribution in [3.8, 4) is 0 Å². The zero-order valence-electron chi connectivity index (χ0n) is 5.47. The van der Waals surface area contributed by atoms with Crippen molar-refractivity contribution in [2.75, 3.05) is 0 Å². The maximum absolute atomic E-state index is 12.4. The predicted molar refractivity (Wildman–Crippen MR) is 40.7 cm³/mol. The molecule has 0 saturated heterocycles. The number of nitrogens with one attached hydrogen (secondary N) is 1.